The van der Waals surface area contributed by atoms with Crippen LogP contribution in [0.15, 0.2) is 53.4 Å². The van der Waals surface area contributed by atoms with Gasteiger partial charge in [0.05, 0.1) is 17.1 Å². The smallest absolute Gasteiger partial charge is 0.251 e. The molecule has 0 radical (unpaired) electrons. The molecule has 1 saturated heterocycles. The average molecular weight is 427 g/mol. The van der Waals surface area contributed by atoms with Gasteiger partial charge in [-0.25, -0.2) is 8.42 Å². The molecule has 3 aromatic rings. The molecule has 0 saturated carbocycles. The van der Waals surface area contributed by atoms with E-state index in [0.29, 0.717) is 24.5 Å². The summed E-state index contributed by atoms with van der Waals surface area (Å²) in [5, 5.41) is 14.4. The highest BCUT2D eigenvalue weighted by Gasteiger charge is 2.27. The van der Waals surface area contributed by atoms with E-state index < -0.39 is 10.0 Å². The number of carbonyl (C=O) groups excluding carboxylic acids is 1. The maximum atomic E-state index is 12.6. The average Bonchev–Trinajstić information content (AvgIpc) is 3.45. The van der Waals surface area contributed by atoms with Crippen molar-refractivity contribution in [3.05, 3.63) is 65.5 Å². The molecule has 4 rings (SSSR count). The molecule has 1 fully saturated rings. The lowest BCUT2D eigenvalue weighted by Crippen LogP contribution is -2.28. The molecular weight excluding hydrogens is 404 g/mol. The summed E-state index contributed by atoms with van der Waals surface area (Å²) in [6.07, 6.45) is 1.75. The molecule has 156 valence electrons. The number of nitrogens with one attached hydrogen (secondary N) is 1. The normalized spacial score (nSPS) is 14.7. The summed E-state index contributed by atoms with van der Waals surface area (Å²) in [6, 6.07) is 13.7. The van der Waals surface area contributed by atoms with Gasteiger partial charge in [0.1, 0.15) is 0 Å². The van der Waals surface area contributed by atoms with E-state index in [-0.39, 0.29) is 17.3 Å². The summed E-state index contributed by atoms with van der Waals surface area (Å²) >= 11 is 0. The summed E-state index contributed by atoms with van der Waals surface area (Å²) in [4.78, 5) is 12.7. The van der Waals surface area contributed by atoms with Crippen LogP contribution in [0.5, 0.6) is 0 Å². The number of hydrogen-bond acceptors (Lipinski definition) is 6. The van der Waals surface area contributed by atoms with Crippen molar-refractivity contribution in [2.24, 2.45) is 0 Å². The van der Waals surface area contributed by atoms with E-state index in [4.69, 9.17) is 0 Å². The Bertz CT molecular complexity index is 1130. The Kier molecular flexibility index (Phi) is 5.60. The van der Waals surface area contributed by atoms with Crippen molar-refractivity contribution < 1.29 is 13.2 Å². The highest BCUT2D eigenvalue weighted by Crippen LogP contribution is 2.21. The number of benzene rings is 2. The number of amides is 1. The van der Waals surface area contributed by atoms with Crippen molar-refractivity contribution in [3.8, 4) is 5.69 Å². The fourth-order valence-electron chi connectivity index (χ4n) is 3.32. The molecule has 10 heteroatoms. The monoisotopic (exact) mass is 426 g/mol. The maximum absolute atomic E-state index is 12.6. The molecule has 1 amide bonds. The standard InChI is InChI=1S/C20H22N6O3S/c1-15-4-8-17(9-5-15)26-19(22-23-24-26)14-21-20(27)16-6-10-18(11-7-16)30(28,29)25-12-2-3-13-25/h4-11H,2-3,12-14H2,1H3,(H,21,27). The summed E-state index contributed by atoms with van der Waals surface area (Å²) < 4.78 is 28.2. The number of aryl methyl sites for hydroxylation is 1. The van der Waals surface area contributed by atoms with Crippen LogP contribution in [0.25, 0.3) is 5.69 Å². The van der Waals surface area contributed by atoms with Gasteiger partial charge in [0, 0.05) is 18.7 Å². The van der Waals surface area contributed by atoms with Crippen molar-refractivity contribution >= 4 is 15.9 Å². The van der Waals surface area contributed by atoms with Crippen molar-refractivity contribution in [1.29, 1.82) is 0 Å². The molecule has 30 heavy (non-hydrogen) atoms. The molecule has 0 spiro atoms. The van der Waals surface area contributed by atoms with E-state index in [0.717, 1.165) is 24.1 Å². The molecule has 2 aromatic carbocycles. The van der Waals surface area contributed by atoms with Crippen LogP contribution in [-0.4, -0.2) is 51.9 Å². The van der Waals surface area contributed by atoms with Crippen LogP contribution in [-0.2, 0) is 16.6 Å². The highest BCUT2D eigenvalue weighted by molar-refractivity contribution is 7.89. The second-order valence-electron chi connectivity index (χ2n) is 7.16. The Labute approximate surface area is 174 Å². The van der Waals surface area contributed by atoms with E-state index in [1.54, 1.807) is 4.68 Å². The van der Waals surface area contributed by atoms with Gasteiger partial charge in [-0.05, 0) is 66.6 Å². The van der Waals surface area contributed by atoms with Gasteiger partial charge < -0.3 is 5.32 Å². The first-order valence-electron chi connectivity index (χ1n) is 9.68. The lowest BCUT2D eigenvalue weighted by Gasteiger charge is -2.15. The Morgan fingerprint density at radius 2 is 1.70 bits per heavy atom. The molecule has 1 aliphatic heterocycles. The van der Waals surface area contributed by atoms with Gasteiger partial charge in [-0.2, -0.15) is 8.99 Å². The van der Waals surface area contributed by atoms with E-state index in [2.05, 4.69) is 20.8 Å². The first-order chi connectivity index (χ1) is 14.4. The second-order valence-corrected chi connectivity index (χ2v) is 9.10. The molecule has 0 atom stereocenters. The van der Waals surface area contributed by atoms with Gasteiger partial charge in [-0.15, -0.1) is 5.10 Å². The number of nitrogens with zero attached hydrogens (tertiary/aromatic N) is 5. The largest absolute Gasteiger partial charge is 0.345 e. The number of tetrazole rings is 1. The molecule has 2 heterocycles. The van der Waals surface area contributed by atoms with Crippen molar-refractivity contribution in [3.63, 3.8) is 0 Å². The van der Waals surface area contributed by atoms with Crippen molar-refractivity contribution in [2.75, 3.05) is 13.1 Å². The summed E-state index contributed by atoms with van der Waals surface area (Å²) in [5.74, 6) is 0.152. The quantitative estimate of drug-likeness (QED) is 0.642. The summed E-state index contributed by atoms with van der Waals surface area (Å²) in [6.45, 7) is 3.21. The van der Waals surface area contributed by atoms with Crippen LogP contribution >= 0.6 is 0 Å². The molecule has 1 aromatic heterocycles. The molecule has 1 N–H and O–H groups in total. The molecule has 0 bridgehead atoms. The predicted molar refractivity (Wildman–Crippen MR) is 109 cm³/mol. The Morgan fingerprint density at radius 1 is 1.03 bits per heavy atom. The van der Waals surface area contributed by atoms with Crippen LogP contribution in [0.1, 0.15) is 34.6 Å². The highest BCUT2D eigenvalue weighted by atomic mass is 32.2. The van der Waals surface area contributed by atoms with Gasteiger partial charge in [-0.1, -0.05) is 17.7 Å². The molecule has 1 aliphatic rings. The number of carbonyl (C=O) groups is 1. The van der Waals surface area contributed by atoms with Crippen LogP contribution in [0, 0.1) is 6.92 Å². The number of rotatable bonds is 6. The third-order valence-electron chi connectivity index (χ3n) is 5.04. The number of hydrogen-bond donors (Lipinski definition) is 1. The van der Waals surface area contributed by atoms with E-state index in [9.17, 15) is 13.2 Å². The summed E-state index contributed by atoms with van der Waals surface area (Å²) in [7, 11) is -3.50. The first kappa shape index (κ1) is 20.2. The number of sulfonamides is 1. The lowest BCUT2D eigenvalue weighted by atomic mass is 10.2. The predicted octanol–water partition coefficient (Wildman–Crippen LogP) is 1.69. The lowest BCUT2D eigenvalue weighted by molar-refractivity contribution is 0.0949. The summed E-state index contributed by atoms with van der Waals surface area (Å²) in [5.41, 5.74) is 2.29. The van der Waals surface area contributed by atoms with Gasteiger partial charge >= 0.3 is 0 Å². The molecule has 0 aliphatic carbocycles. The minimum atomic E-state index is -3.50. The van der Waals surface area contributed by atoms with Gasteiger partial charge in [0.25, 0.3) is 5.91 Å². The van der Waals surface area contributed by atoms with E-state index >= 15 is 0 Å². The fraction of sp³-hybridized carbons (Fsp3) is 0.300. The zero-order valence-electron chi connectivity index (χ0n) is 16.5. The van der Waals surface area contributed by atoms with Gasteiger partial charge in [0.2, 0.25) is 10.0 Å². The van der Waals surface area contributed by atoms with Crippen LogP contribution in [0.3, 0.4) is 0 Å². The fourth-order valence-corrected chi connectivity index (χ4v) is 4.84. The van der Waals surface area contributed by atoms with Crippen molar-refractivity contribution in [1.82, 2.24) is 29.8 Å². The van der Waals surface area contributed by atoms with Crippen LogP contribution in [0.2, 0.25) is 0 Å². The second kappa shape index (κ2) is 8.33. The van der Waals surface area contributed by atoms with Gasteiger partial charge in [-0.3, -0.25) is 4.79 Å². The maximum Gasteiger partial charge on any atom is 0.251 e. The topological polar surface area (TPSA) is 110 Å². The van der Waals surface area contributed by atoms with E-state index in [1.807, 2.05) is 31.2 Å². The zero-order chi connectivity index (χ0) is 21.1. The minimum absolute atomic E-state index is 0.132. The first-order valence-corrected chi connectivity index (χ1v) is 11.1. The van der Waals surface area contributed by atoms with Crippen LogP contribution < -0.4 is 5.32 Å². The van der Waals surface area contributed by atoms with Crippen molar-refractivity contribution in [2.45, 2.75) is 31.2 Å². The Morgan fingerprint density at radius 3 is 2.37 bits per heavy atom. The van der Waals surface area contributed by atoms with Crippen LogP contribution in [0.4, 0.5) is 0 Å². The SMILES string of the molecule is Cc1ccc(-n2nnnc2CNC(=O)c2ccc(S(=O)(=O)N3CCCC3)cc2)cc1. The Balaban J connectivity index is 1.43. The third kappa shape index (κ3) is 4.10. The Hall–Kier alpha value is -3.11. The molecular formula is C20H22N6O3S. The van der Waals surface area contributed by atoms with Gasteiger partial charge in [0.15, 0.2) is 5.82 Å². The molecule has 9 nitrogen and oxygen atoms in total. The minimum Gasteiger partial charge on any atom is -0.345 e. The number of aromatic nitrogens is 4. The van der Waals surface area contributed by atoms with E-state index in [1.165, 1.54) is 28.6 Å². The third-order valence-corrected chi connectivity index (χ3v) is 6.95. The molecule has 0 unspecified atom stereocenters. The zero-order valence-corrected chi connectivity index (χ0v) is 17.3.